The first-order chi connectivity index (χ1) is 6.65. The number of carbonyl (C=O) groups is 1. The molecule has 82 valence electrons. The van der Waals surface area contributed by atoms with Crippen molar-refractivity contribution >= 4 is 5.91 Å². The molecular weight excluding hydrogens is 180 g/mol. The van der Waals surface area contributed by atoms with Crippen LogP contribution in [0, 0.1) is 0 Å². The highest BCUT2D eigenvalue weighted by molar-refractivity contribution is 5.81. The van der Waals surface area contributed by atoms with E-state index in [0.717, 1.165) is 12.8 Å². The molecule has 1 fully saturated rings. The number of aliphatic hydroxyl groups is 1. The average molecular weight is 200 g/mol. The number of carbonyl (C=O) groups excluding carboxylic acids is 1. The molecule has 0 spiro atoms. The van der Waals surface area contributed by atoms with Gasteiger partial charge in [0.1, 0.15) is 0 Å². The summed E-state index contributed by atoms with van der Waals surface area (Å²) in [5.41, 5.74) is 5.74. The molecule has 1 heterocycles. The molecular formula is C10H20N2O2. The molecule has 1 rings (SSSR count). The van der Waals surface area contributed by atoms with Crippen LogP contribution in [0.2, 0.25) is 0 Å². The van der Waals surface area contributed by atoms with Crippen molar-refractivity contribution in [1.29, 1.82) is 0 Å². The van der Waals surface area contributed by atoms with Crippen LogP contribution in [-0.2, 0) is 4.79 Å². The Labute approximate surface area is 85.1 Å². The van der Waals surface area contributed by atoms with Crippen LogP contribution in [0.25, 0.3) is 0 Å². The standard InChI is InChI=1S/C10H20N2O2/c1-2-3-9(11)10(14)12-6-4-8(13)5-7-12/h8-9,13H,2-7,11H2,1H3/t9-/m1/s1. The third-order valence-corrected chi connectivity index (χ3v) is 2.69. The SMILES string of the molecule is CCC[C@@H](N)C(=O)N1CCC(O)CC1. The Morgan fingerprint density at radius 2 is 2.14 bits per heavy atom. The van der Waals surface area contributed by atoms with Gasteiger partial charge in [-0.25, -0.2) is 0 Å². The molecule has 4 nitrogen and oxygen atoms in total. The van der Waals surface area contributed by atoms with Crippen LogP contribution in [0.5, 0.6) is 0 Å². The van der Waals surface area contributed by atoms with Gasteiger partial charge in [-0.05, 0) is 19.3 Å². The normalized spacial score (nSPS) is 20.9. The third kappa shape index (κ3) is 2.96. The summed E-state index contributed by atoms with van der Waals surface area (Å²) in [6.07, 6.45) is 2.82. The lowest BCUT2D eigenvalue weighted by molar-refractivity contribution is -0.134. The van der Waals surface area contributed by atoms with Crippen LogP contribution in [0.4, 0.5) is 0 Å². The molecule has 0 aromatic rings. The predicted octanol–water partition coefficient (Wildman–Crippen LogP) is 0.0971. The highest BCUT2D eigenvalue weighted by Gasteiger charge is 2.24. The predicted molar refractivity (Wildman–Crippen MR) is 54.7 cm³/mol. The Hall–Kier alpha value is -0.610. The maximum Gasteiger partial charge on any atom is 0.239 e. The Kier molecular flexibility index (Phi) is 4.35. The first kappa shape index (κ1) is 11.5. The van der Waals surface area contributed by atoms with E-state index in [0.29, 0.717) is 25.9 Å². The molecule has 0 radical (unpaired) electrons. The molecule has 1 amide bonds. The van der Waals surface area contributed by atoms with E-state index in [2.05, 4.69) is 0 Å². The highest BCUT2D eigenvalue weighted by Crippen LogP contribution is 2.11. The van der Waals surface area contributed by atoms with Gasteiger partial charge in [0.15, 0.2) is 0 Å². The lowest BCUT2D eigenvalue weighted by Crippen LogP contribution is -2.47. The zero-order valence-corrected chi connectivity index (χ0v) is 8.78. The molecule has 0 aromatic carbocycles. The summed E-state index contributed by atoms with van der Waals surface area (Å²) < 4.78 is 0. The Bertz CT molecular complexity index is 189. The van der Waals surface area contributed by atoms with Crippen LogP contribution >= 0.6 is 0 Å². The minimum absolute atomic E-state index is 0.0405. The molecule has 1 aliphatic heterocycles. The van der Waals surface area contributed by atoms with Crippen LogP contribution in [0.3, 0.4) is 0 Å². The highest BCUT2D eigenvalue weighted by atomic mass is 16.3. The number of hydrogen-bond acceptors (Lipinski definition) is 3. The number of nitrogens with zero attached hydrogens (tertiary/aromatic N) is 1. The van der Waals surface area contributed by atoms with E-state index >= 15 is 0 Å². The van der Waals surface area contributed by atoms with Crippen LogP contribution in [-0.4, -0.2) is 41.1 Å². The molecule has 0 bridgehead atoms. The first-order valence-electron chi connectivity index (χ1n) is 5.37. The van der Waals surface area contributed by atoms with Gasteiger partial charge in [0.05, 0.1) is 12.1 Å². The molecule has 0 aliphatic carbocycles. The number of piperidine rings is 1. The van der Waals surface area contributed by atoms with Crippen molar-refractivity contribution in [3.63, 3.8) is 0 Å². The van der Waals surface area contributed by atoms with Gasteiger partial charge >= 0.3 is 0 Å². The van der Waals surface area contributed by atoms with Crippen molar-refractivity contribution in [1.82, 2.24) is 4.90 Å². The van der Waals surface area contributed by atoms with E-state index in [4.69, 9.17) is 5.73 Å². The molecule has 14 heavy (non-hydrogen) atoms. The van der Waals surface area contributed by atoms with Gasteiger partial charge in [0.25, 0.3) is 0 Å². The summed E-state index contributed by atoms with van der Waals surface area (Å²) in [6, 6.07) is -0.352. The van der Waals surface area contributed by atoms with Crippen molar-refractivity contribution in [2.45, 2.75) is 44.8 Å². The number of amides is 1. The van der Waals surface area contributed by atoms with Gasteiger partial charge < -0.3 is 15.7 Å². The fourth-order valence-electron chi connectivity index (χ4n) is 1.76. The molecule has 0 saturated carbocycles. The zero-order valence-electron chi connectivity index (χ0n) is 8.78. The average Bonchev–Trinajstić information content (AvgIpc) is 2.18. The van der Waals surface area contributed by atoms with Gasteiger partial charge in [-0.1, -0.05) is 13.3 Å². The maximum atomic E-state index is 11.7. The number of hydrogen-bond donors (Lipinski definition) is 2. The Morgan fingerprint density at radius 3 is 2.64 bits per heavy atom. The lowest BCUT2D eigenvalue weighted by atomic mass is 10.1. The fraction of sp³-hybridized carbons (Fsp3) is 0.900. The van der Waals surface area contributed by atoms with Crippen molar-refractivity contribution < 1.29 is 9.90 Å². The lowest BCUT2D eigenvalue weighted by Gasteiger charge is -2.31. The van der Waals surface area contributed by atoms with E-state index in [-0.39, 0.29) is 18.1 Å². The maximum absolute atomic E-state index is 11.7. The molecule has 1 aliphatic rings. The summed E-state index contributed by atoms with van der Waals surface area (Å²) in [5.74, 6) is 0.0405. The van der Waals surface area contributed by atoms with Crippen LogP contribution in [0.15, 0.2) is 0 Å². The summed E-state index contributed by atoms with van der Waals surface area (Å²) >= 11 is 0. The monoisotopic (exact) mass is 200 g/mol. The van der Waals surface area contributed by atoms with Crippen molar-refractivity contribution in [3.05, 3.63) is 0 Å². The summed E-state index contributed by atoms with van der Waals surface area (Å²) in [5, 5.41) is 9.28. The van der Waals surface area contributed by atoms with E-state index < -0.39 is 0 Å². The van der Waals surface area contributed by atoms with E-state index in [1.807, 2.05) is 6.92 Å². The minimum Gasteiger partial charge on any atom is -0.393 e. The second kappa shape index (κ2) is 5.32. The molecule has 0 aromatic heterocycles. The number of aliphatic hydroxyl groups excluding tert-OH is 1. The quantitative estimate of drug-likeness (QED) is 0.679. The molecule has 1 atom stereocenters. The van der Waals surface area contributed by atoms with Crippen LogP contribution < -0.4 is 5.73 Å². The van der Waals surface area contributed by atoms with Gasteiger partial charge in [-0.15, -0.1) is 0 Å². The van der Waals surface area contributed by atoms with E-state index in [1.165, 1.54) is 0 Å². The molecule has 1 saturated heterocycles. The van der Waals surface area contributed by atoms with Crippen molar-refractivity contribution in [2.75, 3.05) is 13.1 Å². The first-order valence-corrected chi connectivity index (χ1v) is 5.37. The molecule has 4 heteroatoms. The third-order valence-electron chi connectivity index (χ3n) is 2.69. The minimum atomic E-state index is -0.352. The number of rotatable bonds is 3. The summed E-state index contributed by atoms with van der Waals surface area (Å²) in [6.45, 7) is 3.32. The second-order valence-electron chi connectivity index (χ2n) is 3.95. The van der Waals surface area contributed by atoms with Gasteiger partial charge in [-0.2, -0.15) is 0 Å². The van der Waals surface area contributed by atoms with E-state index in [1.54, 1.807) is 4.90 Å². The largest absolute Gasteiger partial charge is 0.393 e. The zero-order chi connectivity index (χ0) is 10.6. The topological polar surface area (TPSA) is 66.6 Å². The summed E-state index contributed by atoms with van der Waals surface area (Å²) in [7, 11) is 0. The van der Waals surface area contributed by atoms with Gasteiger partial charge in [0.2, 0.25) is 5.91 Å². The molecule has 3 N–H and O–H groups in total. The number of nitrogens with two attached hydrogens (primary N) is 1. The smallest absolute Gasteiger partial charge is 0.239 e. The second-order valence-corrected chi connectivity index (χ2v) is 3.95. The fourth-order valence-corrected chi connectivity index (χ4v) is 1.76. The van der Waals surface area contributed by atoms with E-state index in [9.17, 15) is 9.90 Å². The van der Waals surface area contributed by atoms with Crippen molar-refractivity contribution in [3.8, 4) is 0 Å². The Morgan fingerprint density at radius 1 is 1.57 bits per heavy atom. The van der Waals surface area contributed by atoms with Crippen LogP contribution in [0.1, 0.15) is 32.6 Å². The van der Waals surface area contributed by atoms with Gasteiger partial charge in [-0.3, -0.25) is 4.79 Å². The molecule has 0 unspecified atom stereocenters. The van der Waals surface area contributed by atoms with Gasteiger partial charge in [0, 0.05) is 13.1 Å². The number of likely N-dealkylation sites (tertiary alicyclic amines) is 1. The summed E-state index contributed by atoms with van der Waals surface area (Å²) in [4.78, 5) is 13.5. The van der Waals surface area contributed by atoms with Crippen molar-refractivity contribution in [2.24, 2.45) is 5.73 Å². The Balaban J connectivity index is 2.37.